The van der Waals surface area contributed by atoms with Crippen LogP contribution in [0.1, 0.15) is 0 Å². The second-order valence-electron chi connectivity index (χ2n) is 3.42. The average Bonchev–Trinajstić information content (AvgIpc) is 2.35. The summed E-state index contributed by atoms with van der Waals surface area (Å²) in [5, 5.41) is 19.9. The number of carboxylic acid groups (broad SMARTS) is 1. The fourth-order valence-corrected chi connectivity index (χ4v) is 1.56. The van der Waals surface area contributed by atoms with Crippen molar-refractivity contribution in [2.75, 3.05) is 6.61 Å². The number of carbonyl (C=O) groups is 1. The molecule has 1 aromatic heterocycles. The molecule has 0 bridgehead atoms. The van der Waals surface area contributed by atoms with Crippen LogP contribution >= 0.6 is 0 Å². The van der Waals surface area contributed by atoms with Gasteiger partial charge in [-0.15, -0.1) is 0 Å². The first kappa shape index (κ1) is 11.8. The first-order chi connectivity index (χ1) is 8.59. The maximum absolute atomic E-state index is 11.0. The molecule has 0 aliphatic rings. The molecule has 2 aromatic rings. The van der Waals surface area contributed by atoms with E-state index in [0.717, 1.165) is 0 Å². The van der Waals surface area contributed by atoms with Crippen molar-refractivity contribution in [3.8, 4) is 5.75 Å². The molecular formula is C11H8N2O5. The van der Waals surface area contributed by atoms with Gasteiger partial charge in [-0.1, -0.05) is 0 Å². The van der Waals surface area contributed by atoms with E-state index in [1.807, 2.05) is 0 Å². The Morgan fingerprint density at radius 2 is 2.22 bits per heavy atom. The molecule has 2 rings (SSSR count). The number of ether oxygens (including phenoxy) is 1. The second kappa shape index (κ2) is 4.66. The maximum Gasteiger partial charge on any atom is 0.341 e. The van der Waals surface area contributed by atoms with Crippen molar-refractivity contribution in [2.24, 2.45) is 0 Å². The van der Waals surface area contributed by atoms with Gasteiger partial charge in [0.2, 0.25) is 0 Å². The maximum atomic E-state index is 11.0. The van der Waals surface area contributed by atoms with Crippen molar-refractivity contribution in [1.29, 1.82) is 0 Å². The number of fused-ring (bicyclic) bond motifs is 1. The van der Waals surface area contributed by atoms with E-state index in [1.54, 1.807) is 12.1 Å². The summed E-state index contributed by atoms with van der Waals surface area (Å²) in [6.45, 7) is -0.632. The van der Waals surface area contributed by atoms with E-state index in [2.05, 4.69) is 4.98 Å². The van der Waals surface area contributed by atoms with E-state index in [4.69, 9.17) is 9.84 Å². The van der Waals surface area contributed by atoms with Crippen LogP contribution in [0.25, 0.3) is 10.9 Å². The summed E-state index contributed by atoms with van der Waals surface area (Å²) in [6, 6.07) is 5.99. The van der Waals surface area contributed by atoms with Crippen LogP contribution in [0.3, 0.4) is 0 Å². The smallest absolute Gasteiger partial charge is 0.341 e. The molecule has 0 atom stereocenters. The lowest BCUT2D eigenvalue weighted by Crippen LogP contribution is -2.10. The first-order valence-electron chi connectivity index (χ1n) is 4.96. The van der Waals surface area contributed by atoms with E-state index in [0.29, 0.717) is 10.9 Å². The Kier molecular flexibility index (Phi) is 3.05. The summed E-state index contributed by atoms with van der Waals surface area (Å²) in [4.78, 5) is 24.8. The molecule has 0 amide bonds. The average molecular weight is 248 g/mol. The summed E-state index contributed by atoms with van der Waals surface area (Å²) in [5.41, 5.74) is 0.175. The van der Waals surface area contributed by atoms with Gasteiger partial charge < -0.3 is 9.84 Å². The molecular weight excluding hydrogens is 240 g/mol. The van der Waals surface area contributed by atoms with Crippen LogP contribution in [0.5, 0.6) is 5.75 Å². The topological polar surface area (TPSA) is 103 Å². The highest BCUT2D eigenvalue weighted by atomic mass is 16.6. The summed E-state index contributed by atoms with van der Waals surface area (Å²) < 4.78 is 4.90. The van der Waals surface area contributed by atoms with Crippen molar-refractivity contribution in [3.63, 3.8) is 0 Å². The summed E-state index contributed by atoms with van der Waals surface area (Å²) >= 11 is 0. The fourth-order valence-electron chi connectivity index (χ4n) is 1.56. The minimum atomic E-state index is -1.20. The molecule has 18 heavy (non-hydrogen) atoms. The van der Waals surface area contributed by atoms with Gasteiger partial charge in [0.1, 0.15) is 0 Å². The van der Waals surface area contributed by atoms with Gasteiger partial charge >= 0.3 is 11.7 Å². The molecule has 0 aliphatic heterocycles. The zero-order chi connectivity index (χ0) is 13.1. The third kappa shape index (κ3) is 2.19. The number of nitro groups is 1. The lowest BCUT2D eigenvalue weighted by molar-refractivity contribution is -0.384. The minimum absolute atomic E-state index is 0.0806. The molecule has 0 unspecified atom stereocenters. The number of aromatic nitrogens is 1. The Labute approximate surface area is 101 Å². The quantitative estimate of drug-likeness (QED) is 0.651. The van der Waals surface area contributed by atoms with Gasteiger partial charge in [0.05, 0.1) is 15.8 Å². The predicted octanol–water partition coefficient (Wildman–Crippen LogP) is 1.61. The Bertz CT molecular complexity index is 626. The van der Waals surface area contributed by atoms with Crippen LogP contribution in [-0.2, 0) is 4.79 Å². The molecule has 7 heteroatoms. The van der Waals surface area contributed by atoms with Crippen LogP contribution in [0.2, 0.25) is 0 Å². The molecule has 92 valence electrons. The monoisotopic (exact) mass is 248 g/mol. The van der Waals surface area contributed by atoms with Crippen molar-refractivity contribution >= 4 is 22.6 Å². The standard InChI is InChI=1S/C11H8N2O5/c14-10(15)6-18-9-4-3-8-7(2-1-5-12-8)11(9)13(16)17/h1-5H,6H2,(H,14,15). The van der Waals surface area contributed by atoms with Gasteiger partial charge in [0.15, 0.2) is 12.4 Å². The number of carboxylic acids is 1. The second-order valence-corrected chi connectivity index (χ2v) is 3.42. The van der Waals surface area contributed by atoms with Gasteiger partial charge in [-0.2, -0.15) is 0 Å². The number of rotatable bonds is 4. The van der Waals surface area contributed by atoms with Crippen molar-refractivity contribution in [2.45, 2.75) is 0 Å². The van der Waals surface area contributed by atoms with E-state index >= 15 is 0 Å². The van der Waals surface area contributed by atoms with Crippen LogP contribution in [0.15, 0.2) is 30.5 Å². The van der Waals surface area contributed by atoms with E-state index in [9.17, 15) is 14.9 Å². The summed E-state index contributed by atoms with van der Waals surface area (Å²) in [5.74, 6) is -1.28. The van der Waals surface area contributed by atoms with Gasteiger partial charge in [0.25, 0.3) is 0 Å². The lowest BCUT2D eigenvalue weighted by Gasteiger charge is -2.06. The minimum Gasteiger partial charge on any atom is -0.479 e. The zero-order valence-electron chi connectivity index (χ0n) is 9.07. The SMILES string of the molecule is O=C(O)COc1ccc2ncccc2c1[N+](=O)[O-]. The van der Waals surface area contributed by atoms with Gasteiger partial charge in [-0.05, 0) is 24.3 Å². The number of hydrogen-bond donors (Lipinski definition) is 1. The third-order valence-electron chi connectivity index (χ3n) is 2.25. The Morgan fingerprint density at radius 3 is 2.89 bits per heavy atom. The first-order valence-corrected chi connectivity index (χ1v) is 4.96. The highest BCUT2D eigenvalue weighted by Gasteiger charge is 2.20. The van der Waals surface area contributed by atoms with Gasteiger partial charge in [0, 0.05) is 6.20 Å². The summed E-state index contributed by atoms with van der Waals surface area (Å²) in [6.07, 6.45) is 1.52. The molecule has 0 aliphatic carbocycles. The van der Waals surface area contributed by atoms with Crippen molar-refractivity contribution in [1.82, 2.24) is 4.98 Å². The van der Waals surface area contributed by atoms with Gasteiger partial charge in [-0.25, -0.2) is 4.79 Å². The number of nitro benzene ring substituents is 1. The number of nitrogens with zero attached hydrogens (tertiary/aromatic N) is 2. The van der Waals surface area contributed by atoms with E-state index in [-0.39, 0.29) is 11.4 Å². The van der Waals surface area contributed by atoms with Crippen LogP contribution in [0.4, 0.5) is 5.69 Å². The molecule has 0 saturated heterocycles. The molecule has 0 radical (unpaired) electrons. The molecule has 1 heterocycles. The largest absolute Gasteiger partial charge is 0.479 e. The van der Waals surface area contributed by atoms with Crippen molar-refractivity contribution in [3.05, 3.63) is 40.6 Å². The fraction of sp³-hybridized carbons (Fsp3) is 0.0909. The Balaban J connectivity index is 2.55. The van der Waals surface area contributed by atoms with Crippen LogP contribution < -0.4 is 4.74 Å². The third-order valence-corrected chi connectivity index (χ3v) is 2.25. The molecule has 0 fully saturated rings. The number of hydrogen-bond acceptors (Lipinski definition) is 5. The van der Waals surface area contributed by atoms with E-state index < -0.39 is 17.5 Å². The highest BCUT2D eigenvalue weighted by molar-refractivity contribution is 5.90. The number of aliphatic carboxylic acids is 1. The molecule has 1 N–H and O–H groups in total. The predicted molar refractivity (Wildman–Crippen MR) is 61.5 cm³/mol. The van der Waals surface area contributed by atoms with Crippen LogP contribution in [0, 0.1) is 10.1 Å². The lowest BCUT2D eigenvalue weighted by atomic mass is 10.1. The Morgan fingerprint density at radius 1 is 1.44 bits per heavy atom. The number of benzene rings is 1. The van der Waals surface area contributed by atoms with Crippen molar-refractivity contribution < 1.29 is 19.6 Å². The van der Waals surface area contributed by atoms with Gasteiger partial charge in [-0.3, -0.25) is 15.1 Å². The normalized spacial score (nSPS) is 10.2. The molecule has 0 spiro atoms. The van der Waals surface area contributed by atoms with E-state index in [1.165, 1.54) is 18.3 Å². The molecule has 1 aromatic carbocycles. The number of pyridine rings is 1. The van der Waals surface area contributed by atoms with Crippen LogP contribution in [-0.4, -0.2) is 27.6 Å². The molecule has 0 saturated carbocycles. The molecule has 7 nitrogen and oxygen atoms in total. The highest BCUT2D eigenvalue weighted by Crippen LogP contribution is 2.34. The summed E-state index contributed by atoms with van der Waals surface area (Å²) in [7, 11) is 0. The zero-order valence-corrected chi connectivity index (χ0v) is 9.07. The Hall–Kier alpha value is -2.70.